The zero-order chi connectivity index (χ0) is 51.9. The molecule has 0 amide bonds. The second-order valence-corrected chi connectivity index (χ2v) is 22.1. The molecule has 0 aromatic carbocycles. The molecule has 0 spiro atoms. The van der Waals surface area contributed by atoms with E-state index in [0.29, 0.717) is 25.7 Å². The van der Waals surface area contributed by atoms with Crippen LogP contribution in [0.5, 0.6) is 0 Å². The molecule has 0 aliphatic carbocycles. The van der Waals surface area contributed by atoms with Crippen LogP contribution in [0.1, 0.15) is 285 Å². The van der Waals surface area contributed by atoms with Crippen LogP contribution in [-0.2, 0) is 84.5 Å². The predicted molar refractivity (Wildman–Crippen MR) is 277 cm³/mol. The molecule has 420 valence electrons. The van der Waals surface area contributed by atoms with E-state index in [0.717, 1.165) is 51.4 Å². The molecule has 0 aliphatic heterocycles. The third kappa shape index (κ3) is 94.8. The molecule has 0 aromatic rings. The first-order valence-corrected chi connectivity index (χ1v) is 32.2. The average Bonchev–Trinajstić information content (AvgIpc) is 3.25. The van der Waals surface area contributed by atoms with E-state index in [1.54, 1.807) is 0 Å². The summed E-state index contributed by atoms with van der Waals surface area (Å²) in [5, 5.41) is 0. The number of hydrogen-bond acceptors (Lipinski definition) is 12. The molecule has 4 N–H and O–H groups in total. The van der Waals surface area contributed by atoms with Crippen molar-refractivity contribution in [2.24, 2.45) is 0 Å². The molecule has 0 radical (unpaired) electrons. The number of hydrogen-bond donors (Lipinski definition) is 4. The third-order valence-corrected chi connectivity index (χ3v) is 12.8. The van der Waals surface area contributed by atoms with Crippen molar-refractivity contribution in [1.29, 1.82) is 0 Å². The van der Waals surface area contributed by atoms with E-state index in [1.165, 1.54) is 180 Å². The first-order valence-electron chi connectivity index (χ1n) is 26.7. The molecule has 0 bridgehead atoms. The van der Waals surface area contributed by atoms with Gasteiger partial charge in [-0.05, 0) is 25.7 Å². The Morgan fingerprint density at radius 2 is 0.319 bits per heavy atom. The number of rotatable bonds is 48. The second-order valence-electron chi connectivity index (χ2n) is 17.7. The van der Waals surface area contributed by atoms with Crippen LogP contribution in [0.4, 0.5) is 0 Å². The molecule has 16 nitrogen and oxygen atoms in total. The van der Waals surface area contributed by atoms with Crippen molar-refractivity contribution < 1.29 is 94.8 Å². The van der Waals surface area contributed by atoms with E-state index in [-0.39, 0.29) is 52.6 Å². The molecule has 0 unspecified atom stereocenters. The fourth-order valence-electron chi connectivity index (χ4n) is 7.01. The van der Waals surface area contributed by atoms with Gasteiger partial charge in [0.2, 0.25) is 0 Å². The summed E-state index contributed by atoms with van der Waals surface area (Å²) in [7, 11) is -16.9. The van der Waals surface area contributed by atoms with Crippen LogP contribution in [0.2, 0.25) is 0 Å². The van der Waals surface area contributed by atoms with Gasteiger partial charge in [-0.1, -0.05) is 259 Å². The Bertz CT molecular complexity index is 1220. The summed E-state index contributed by atoms with van der Waals surface area (Å²) in [4.78, 5) is 0. The van der Waals surface area contributed by atoms with Crippen molar-refractivity contribution >= 4 is 41.6 Å². The Labute approximate surface area is 444 Å². The molecule has 21 heteroatoms. The zero-order valence-electron chi connectivity index (χ0n) is 43.9. The van der Waals surface area contributed by atoms with E-state index in [2.05, 4.69) is 44.4 Å². The van der Waals surface area contributed by atoms with E-state index >= 15 is 0 Å². The van der Waals surface area contributed by atoms with Gasteiger partial charge in [-0.3, -0.25) is 18.2 Å². The molecule has 0 atom stereocenters. The van der Waals surface area contributed by atoms with Crippen molar-refractivity contribution in [1.82, 2.24) is 0 Å². The monoisotopic (exact) mass is 1150 g/mol. The second kappa shape index (κ2) is 59.2. The van der Waals surface area contributed by atoms with E-state index in [9.17, 15) is 33.7 Å². The molecule has 0 fully saturated rings. The van der Waals surface area contributed by atoms with Gasteiger partial charge in [-0.15, -0.1) is 0 Å². The maximum absolute atomic E-state index is 10.2. The first-order chi connectivity index (χ1) is 32.2. The molecule has 0 aliphatic rings. The first kappa shape index (κ1) is 78.3. The predicted octanol–water partition coefficient (Wildman–Crippen LogP) is 14.9. The van der Waals surface area contributed by atoms with Gasteiger partial charge < -0.3 is 0 Å². The summed E-state index contributed by atoms with van der Waals surface area (Å²) in [5.74, 6) is 0. The van der Waals surface area contributed by atoms with Crippen LogP contribution >= 0.6 is 0 Å². The maximum atomic E-state index is 10.2. The van der Waals surface area contributed by atoms with Gasteiger partial charge in [-0.2, -0.15) is 33.7 Å². The molecular formula is C48H104O16S4Zr. The summed E-state index contributed by atoms with van der Waals surface area (Å²) in [5.41, 5.74) is 0. The Morgan fingerprint density at radius 3 is 0.420 bits per heavy atom. The summed E-state index contributed by atoms with van der Waals surface area (Å²) in [6.07, 6.45) is 47.4. The standard InChI is InChI=1S/4C12H26O4S.Zr/c4*1-2-3-4-5-6-7-8-9-10-11-12-16-17(13,14)15;/h4*2-12H2,1H3,(H,13,14,15);. The molecule has 69 heavy (non-hydrogen) atoms. The third-order valence-electron chi connectivity index (χ3n) is 10.9. The largest absolute Gasteiger partial charge is 0.397 e. The van der Waals surface area contributed by atoms with Crippen molar-refractivity contribution in [3.8, 4) is 0 Å². The Balaban J connectivity index is -0.000000263. The van der Waals surface area contributed by atoms with E-state index in [4.69, 9.17) is 18.2 Å². The van der Waals surface area contributed by atoms with Crippen LogP contribution in [-0.4, -0.2) is 78.3 Å². The van der Waals surface area contributed by atoms with Gasteiger partial charge in [0.15, 0.2) is 0 Å². The van der Waals surface area contributed by atoms with Gasteiger partial charge >= 0.3 is 41.6 Å². The fraction of sp³-hybridized carbons (Fsp3) is 1.00. The van der Waals surface area contributed by atoms with Crippen molar-refractivity contribution in [3.05, 3.63) is 0 Å². The fourth-order valence-corrected chi connectivity index (χ4v) is 8.33. The normalized spacial score (nSPS) is 11.7. The Morgan fingerprint density at radius 1 is 0.217 bits per heavy atom. The molecule has 0 aromatic heterocycles. The van der Waals surface area contributed by atoms with Gasteiger partial charge in [0, 0.05) is 26.2 Å². The summed E-state index contributed by atoms with van der Waals surface area (Å²) in [6, 6.07) is 0. The molecule has 0 saturated heterocycles. The van der Waals surface area contributed by atoms with E-state index in [1.807, 2.05) is 0 Å². The zero-order valence-corrected chi connectivity index (χ0v) is 49.7. The van der Waals surface area contributed by atoms with Gasteiger partial charge in [-0.25, -0.2) is 16.7 Å². The molecule has 0 rings (SSSR count). The van der Waals surface area contributed by atoms with Crippen molar-refractivity contribution in [3.63, 3.8) is 0 Å². The minimum absolute atomic E-state index is 0. The van der Waals surface area contributed by atoms with Crippen LogP contribution < -0.4 is 0 Å². The van der Waals surface area contributed by atoms with Gasteiger partial charge in [0.05, 0.1) is 26.4 Å². The Hall–Kier alpha value is 0.363. The summed E-state index contributed by atoms with van der Waals surface area (Å²) >= 11 is 0. The maximum Gasteiger partial charge on any atom is 0.397 e. The minimum atomic E-state index is -4.23. The molecule has 0 heterocycles. The van der Waals surface area contributed by atoms with Crippen molar-refractivity contribution in [2.45, 2.75) is 285 Å². The Kier molecular flexibility index (Phi) is 67.2. The van der Waals surface area contributed by atoms with Crippen LogP contribution in [0.3, 0.4) is 0 Å². The molecule has 0 saturated carbocycles. The van der Waals surface area contributed by atoms with Crippen LogP contribution in [0, 0.1) is 0 Å². The quantitative estimate of drug-likeness (QED) is 0.0326. The minimum Gasteiger partial charge on any atom is -0.264 e. The van der Waals surface area contributed by atoms with Crippen LogP contribution in [0.15, 0.2) is 0 Å². The van der Waals surface area contributed by atoms with Crippen molar-refractivity contribution in [2.75, 3.05) is 26.4 Å². The van der Waals surface area contributed by atoms with Gasteiger partial charge in [0.25, 0.3) is 0 Å². The van der Waals surface area contributed by atoms with Crippen LogP contribution in [0.25, 0.3) is 0 Å². The average molecular weight is 1160 g/mol. The van der Waals surface area contributed by atoms with Gasteiger partial charge in [0.1, 0.15) is 0 Å². The smallest absolute Gasteiger partial charge is 0.264 e. The summed E-state index contributed by atoms with van der Waals surface area (Å²) < 4.78 is 132. The molecular weight excluding hydrogens is 1050 g/mol. The number of unbranched alkanes of at least 4 members (excludes halogenated alkanes) is 36. The van der Waals surface area contributed by atoms with E-state index < -0.39 is 41.6 Å². The SMILES string of the molecule is CCCCCCCCCCCCOS(=O)(=O)O.CCCCCCCCCCCCOS(=O)(=O)O.CCCCCCCCCCCCOS(=O)(=O)O.CCCCCCCCCCCCOS(=O)(=O)O.[Zr]. The topological polar surface area (TPSA) is 254 Å². The summed E-state index contributed by atoms with van der Waals surface area (Å²) in [6.45, 7) is 9.24.